The molecular formula is C18H23N2O2+. The molecule has 2 rings (SSSR count). The van der Waals surface area contributed by atoms with Crippen molar-refractivity contribution in [2.45, 2.75) is 33.2 Å². The molecule has 0 aliphatic rings. The molecule has 4 nitrogen and oxygen atoms in total. The van der Waals surface area contributed by atoms with E-state index in [4.69, 9.17) is 4.74 Å². The van der Waals surface area contributed by atoms with E-state index in [1.165, 1.54) is 5.56 Å². The number of amides is 1. The van der Waals surface area contributed by atoms with Crippen LogP contribution >= 0.6 is 0 Å². The van der Waals surface area contributed by atoms with Gasteiger partial charge in [0.1, 0.15) is 5.75 Å². The first-order valence-electron chi connectivity index (χ1n) is 7.51. The molecule has 4 heteroatoms. The van der Waals surface area contributed by atoms with Gasteiger partial charge in [0.25, 0.3) is 5.91 Å². The van der Waals surface area contributed by atoms with Crippen LogP contribution in [-0.4, -0.2) is 13.0 Å². The standard InChI is InChI=1S/C18H22N2O2/c1-5-15-11-10-13(2)20(12-15)14(3)18(21)19-16-8-6-7-9-17(16)22-4/h6-12,14H,5H2,1-4H3/p+1/t14-/m1/s1. The number of carbonyl (C=O) groups is 1. The predicted octanol–water partition coefficient (Wildman–Crippen LogP) is 3.05. The van der Waals surface area contributed by atoms with Gasteiger partial charge in [-0.05, 0) is 24.6 Å². The van der Waals surface area contributed by atoms with Crippen LogP contribution in [-0.2, 0) is 11.2 Å². The number of nitrogens with zero attached hydrogens (tertiary/aromatic N) is 1. The van der Waals surface area contributed by atoms with E-state index in [1.54, 1.807) is 7.11 Å². The maximum absolute atomic E-state index is 12.5. The van der Waals surface area contributed by atoms with Crippen LogP contribution in [0, 0.1) is 6.92 Å². The Morgan fingerprint density at radius 2 is 2.00 bits per heavy atom. The molecule has 0 aliphatic carbocycles. The van der Waals surface area contributed by atoms with Gasteiger partial charge in [-0.3, -0.25) is 4.79 Å². The Labute approximate surface area is 131 Å². The molecule has 1 aromatic heterocycles. The average Bonchev–Trinajstić information content (AvgIpc) is 2.55. The number of para-hydroxylation sites is 2. The number of carbonyl (C=O) groups excluding carboxylic acids is 1. The second-order valence-electron chi connectivity index (χ2n) is 5.31. The van der Waals surface area contributed by atoms with Crippen molar-refractivity contribution in [3.05, 3.63) is 53.9 Å². The molecule has 116 valence electrons. The first kappa shape index (κ1) is 16.0. The average molecular weight is 299 g/mol. The first-order valence-corrected chi connectivity index (χ1v) is 7.51. The number of hydrogen-bond acceptors (Lipinski definition) is 2. The van der Waals surface area contributed by atoms with Crippen LogP contribution in [0.1, 0.15) is 31.1 Å². The second-order valence-corrected chi connectivity index (χ2v) is 5.31. The van der Waals surface area contributed by atoms with E-state index in [2.05, 4.69) is 18.3 Å². The molecule has 0 bridgehead atoms. The number of ether oxygens (including phenoxy) is 1. The van der Waals surface area contributed by atoms with Gasteiger partial charge in [0, 0.05) is 25.5 Å². The minimum Gasteiger partial charge on any atom is -0.495 e. The Morgan fingerprint density at radius 1 is 1.27 bits per heavy atom. The minimum atomic E-state index is -0.295. The van der Waals surface area contributed by atoms with Gasteiger partial charge in [-0.1, -0.05) is 19.1 Å². The number of hydrogen-bond donors (Lipinski definition) is 1. The molecule has 0 fully saturated rings. The number of anilines is 1. The highest BCUT2D eigenvalue weighted by Gasteiger charge is 2.25. The molecule has 0 radical (unpaired) electrons. The molecule has 1 atom stereocenters. The molecule has 1 N–H and O–H groups in total. The lowest BCUT2D eigenvalue weighted by atomic mass is 10.1. The van der Waals surface area contributed by atoms with E-state index in [0.29, 0.717) is 11.4 Å². The molecule has 0 saturated heterocycles. The first-order chi connectivity index (χ1) is 10.6. The summed E-state index contributed by atoms with van der Waals surface area (Å²) in [6.07, 6.45) is 2.99. The van der Waals surface area contributed by atoms with Gasteiger partial charge in [0.2, 0.25) is 6.04 Å². The molecule has 0 saturated carbocycles. The van der Waals surface area contributed by atoms with Gasteiger partial charge >= 0.3 is 0 Å². The zero-order chi connectivity index (χ0) is 16.1. The van der Waals surface area contributed by atoms with Crippen LogP contribution in [0.2, 0.25) is 0 Å². The molecule has 0 unspecified atom stereocenters. The van der Waals surface area contributed by atoms with Gasteiger partial charge in [-0.25, -0.2) is 0 Å². The fourth-order valence-corrected chi connectivity index (χ4v) is 2.38. The zero-order valence-electron chi connectivity index (χ0n) is 13.6. The van der Waals surface area contributed by atoms with Crippen molar-refractivity contribution in [2.75, 3.05) is 12.4 Å². The summed E-state index contributed by atoms with van der Waals surface area (Å²) in [4.78, 5) is 12.5. The van der Waals surface area contributed by atoms with Crippen molar-refractivity contribution in [3.8, 4) is 5.75 Å². The molecule has 0 spiro atoms. The Bertz CT molecular complexity index is 668. The maximum Gasteiger partial charge on any atom is 0.293 e. The van der Waals surface area contributed by atoms with E-state index in [9.17, 15) is 4.79 Å². The number of nitrogens with one attached hydrogen (secondary N) is 1. The summed E-state index contributed by atoms with van der Waals surface area (Å²) in [7, 11) is 1.60. The second kappa shape index (κ2) is 7.07. The van der Waals surface area contributed by atoms with Crippen LogP contribution < -0.4 is 14.6 Å². The highest BCUT2D eigenvalue weighted by Crippen LogP contribution is 2.23. The van der Waals surface area contributed by atoms with Crippen LogP contribution in [0.3, 0.4) is 0 Å². The minimum absolute atomic E-state index is 0.0640. The summed E-state index contributed by atoms with van der Waals surface area (Å²) in [5.74, 6) is 0.595. The summed E-state index contributed by atoms with van der Waals surface area (Å²) < 4.78 is 7.27. The molecule has 1 aromatic carbocycles. The highest BCUT2D eigenvalue weighted by molar-refractivity contribution is 5.93. The quantitative estimate of drug-likeness (QED) is 0.862. The van der Waals surface area contributed by atoms with Crippen LogP contribution in [0.4, 0.5) is 5.69 Å². The summed E-state index contributed by atoms with van der Waals surface area (Å²) >= 11 is 0. The van der Waals surface area contributed by atoms with Gasteiger partial charge in [0.15, 0.2) is 11.9 Å². The Kier molecular flexibility index (Phi) is 5.15. The number of methoxy groups -OCH3 is 1. The van der Waals surface area contributed by atoms with E-state index in [0.717, 1.165) is 12.1 Å². The molecule has 1 amide bonds. The van der Waals surface area contributed by atoms with Crippen LogP contribution in [0.25, 0.3) is 0 Å². The number of aromatic nitrogens is 1. The van der Waals surface area contributed by atoms with E-state index in [-0.39, 0.29) is 11.9 Å². The fourth-order valence-electron chi connectivity index (χ4n) is 2.38. The number of aryl methyl sites for hydroxylation is 2. The van der Waals surface area contributed by atoms with Gasteiger partial charge in [0.05, 0.1) is 12.8 Å². The summed E-state index contributed by atoms with van der Waals surface area (Å²) in [5, 5.41) is 2.94. The Balaban J connectivity index is 2.22. The van der Waals surface area contributed by atoms with Gasteiger partial charge in [-0.2, -0.15) is 4.57 Å². The highest BCUT2D eigenvalue weighted by atomic mass is 16.5. The van der Waals surface area contributed by atoms with E-state index >= 15 is 0 Å². The zero-order valence-corrected chi connectivity index (χ0v) is 13.6. The number of benzene rings is 1. The monoisotopic (exact) mass is 299 g/mol. The lowest BCUT2D eigenvalue weighted by molar-refractivity contribution is -0.711. The van der Waals surface area contributed by atoms with E-state index < -0.39 is 0 Å². The van der Waals surface area contributed by atoms with Gasteiger partial charge < -0.3 is 10.1 Å². The lowest BCUT2D eigenvalue weighted by Gasteiger charge is -2.13. The van der Waals surface area contributed by atoms with Crippen LogP contribution in [0.15, 0.2) is 42.6 Å². The molecule has 0 aliphatic heterocycles. The predicted molar refractivity (Wildman–Crippen MR) is 87.1 cm³/mol. The Hall–Kier alpha value is -2.36. The molecule has 2 aromatic rings. The lowest BCUT2D eigenvalue weighted by Crippen LogP contribution is -2.47. The van der Waals surface area contributed by atoms with Crippen molar-refractivity contribution < 1.29 is 14.1 Å². The molecular weight excluding hydrogens is 276 g/mol. The fraction of sp³-hybridized carbons (Fsp3) is 0.333. The summed E-state index contributed by atoms with van der Waals surface area (Å²) in [5.41, 5.74) is 2.95. The molecule has 22 heavy (non-hydrogen) atoms. The third-order valence-electron chi connectivity index (χ3n) is 3.82. The normalized spacial score (nSPS) is 11.8. The topological polar surface area (TPSA) is 42.2 Å². The summed E-state index contributed by atoms with van der Waals surface area (Å²) in [6, 6.07) is 11.3. The van der Waals surface area contributed by atoms with Crippen molar-refractivity contribution in [1.29, 1.82) is 0 Å². The maximum atomic E-state index is 12.5. The van der Waals surface area contributed by atoms with Crippen molar-refractivity contribution in [3.63, 3.8) is 0 Å². The third-order valence-corrected chi connectivity index (χ3v) is 3.82. The summed E-state index contributed by atoms with van der Waals surface area (Å²) in [6.45, 7) is 6.01. The van der Waals surface area contributed by atoms with Crippen LogP contribution in [0.5, 0.6) is 5.75 Å². The van der Waals surface area contributed by atoms with Crippen molar-refractivity contribution >= 4 is 11.6 Å². The number of rotatable bonds is 5. The number of pyridine rings is 1. The Morgan fingerprint density at radius 3 is 2.68 bits per heavy atom. The smallest absolute Gasteiger partial charge is 0.293 e. The SMILES string of the molecule is CCc1ccc(C)[n+]([C@H](C)C(=O)Nc2ccccc2OC)c1. The molecule has 1 heterocycles. The largest absolute Gasteiger partial charge is 0.495 e. The van der Waals surface area contributed by atoms with Crippen molar-refractivity contribution in [1.82, 2.24) is 0 Å². The van der Waals surface area contributed by atoms with E-state index in [1.807, 2.05) is 54.9 Å². The van der Waals surface area contributed by atoms with Crippen molar-refractivity contribution in [2.24, 2.45) is 0 Å². The van der Waals surface area contributed by atoms with Gasteiger partial charge in [-0.15, -0.1) is 0 Å². The third kappa shape index (κ3) is 3.45.